The summed E-state index contributed by atoms with van der Waals surface area (Å²) >= 11 is 3.13. The van der Waals surface area contributed by atoms with Crippen LogP contribution in [0, 0.1) is 6.92 Å². The van der Waals surface area contributed by atoms with Gasteiger partial charge in [-0.05, 0) is 31.5 Å². The molecule has 0 spiro atoms. The van der Waals surface area contributed by atoms with Crippen molar-refractivity contribution in [3.63, 3.8) is 0 Å². The standard InChI is InChI=1S/C11H14BrNO5S/c1-6(14)5-13-19(17,18)8-3-9(11(15)16)7(2)10(12)4-8/h3-4,6,13-14H,5H2,1-2H3,(H,15,16)/t6-/m0/s1. The van der Waals surface area contributed by atoms with Gasteiger partial charge < -0.3 is 10.2 Å². The van der Waals surface area contributed by atoms with Crippen molar-refractivity contribution < 1.29 is 23.4 Å². The number of hydrogen-bond donors (Lipinski definition) is 3. The van der Waals surface area contributed by atoms with E-state index in [-0.39, 0.29) is 17.0 Å². The molecule has 0 fully saturated rings. The number of carbonyl (C=O) groups is 1. The quantitative estimate of drug-likeness (QED) is 0.737. The molecule has 1 aromatic carbocycles. The highest BCUT2D eigenvalue weighted by molar-refractivity contribution is 9.10. The van der Waals surface area contributed by atoms with Gasteiger partial charge in [0.2, 0.25) is 10.0 Å². The average Bonchev–Trinajstić information content (AvgIpc) is 2.29. The zero-order valence-electron chi connectivity index (χ0n) is 10.3. The van der Waals surface area contributed by atoms with Crippen LogP contribution in [-0.4, -0.2) is 37.2 Å². The van der Waals surface area contributed by atoms with Gasteiger partial charge in [-0.1, -0.05) is 15.9 Å². The first-order valence-electron chi connectivity index (χ1n) is 5.36. The fourth-order valence-corrected chi connectivity index (χ4v) is 3.13. The summed E-state index contributed by atoms with van der Waals surface area (Å²) in [6, 6.07) is 2.42. The Bertz CT molecular complexity index is 597. The molecule has 0 saturated heterocycles. The Kier molecular flexibility index (Phi) is 5.08. The van der Waals surface area contributed by atoms with Crippen molar-refractivity contribution in [2.45, 2.75) is 24.8 Å². The van der Waals surface area contributed by atoms with E-state index in [1.54, 1.807) is 6.92 Å². The van der Waals surface area contributed by atoms with Crippen LogP contribution in [0.4, 0.5) is 0 Å². The number of halogens is 1. The van der Waals surface area contributed by atoms with Gasteiger partial charge in [-0.3, -0.25) is 0 Å². The van der Waals surface area contributed by atoms with E-state index in [4.69, 9.17) is 10.2 Å². The zero-order chi connectivity index (χ0) is 14.8. The molecule has 0 aliphatic heterocycles. The minimum Gasteiger partial charge on any atom is -0.478 e. The number of benzene rings is 1. The van der Waals surface area contributed by atoms with Crippen LogP contribution in [-0.2, 0) is 10.0 Å². The number of hydrogen-bond acceptors (Lipinski definition) is 4. The molecule has 8 heteroatoms. The average molecular weight is 352 g/mol. The van der Waals surface area contributed by atoms with E-state index in [1.165, 1.54) is 13.0 Å². The number of aliphatic hydroxyl groups excluding tert-OH is 1. The summed E-state index contributed by atoms with van der Waals surface area (Å²) in [7, 11) is -3.85. The highest BCUT2D eigenvalue weighted by Crippen LogP contribution is 2.24. The van der Waals surface area contributed by atoms with E-state index < -0.39 is 22.1 Å². The number of aromatic carboxylic acids is 1. The van der Waals surface area contributed by atoms with Gasteiger partial charge in [0.25, 0.3) is 0 Å². The summed E-state index contributed by atoms with van der Waals surface area (Å²) < 4.78 is 26.5. The summed E-state index contributed by atoms with van der Waals surface area (Å²) in [5.41, 5.74) is 0.355. The van der Waals surface area contributed by atoms with E-state index >= 15 is 0 Å². The lowest BCUT2D eigenvalue weighted by Gasteiger charge is -2.11. The molecule has 0 aromatic heterocycles. The molecule has 0 aliphatic carbocycles. The minimum absolute atomic E-state index is 0.0909. The van der Waals surface area contributed by atoms with Gasteiger partial charge in [0.1, 0.15) is 0 Å². The highest BCUT2D eigenvalue weighted by atomic mass is 79.9. The summed E-state index contributed by atoms with van der Waals surface area (Å²) in [4.78, 5) is 10.9. The normalized spacial score (nSPS) is 13.3. The second kappa shape index (κ2) is 6.00. The Morgan fingerprint density at radius 3 is 2.53 bits per heavy atom. The Morgan fingerprint density at radius 2 is 2.05 bits per heavy atom. The maximum atomic E-state index is 11.9. The van der Waals surface area contributed by atoms with Gasteiger partial charge >= 0.3 is 5.97 Å². The van der Waals surface area contributed by atoms with Crippen LogP contribution in [0.3, 0.4) is 0 Å². The van der Waals surface area contributed by atoms with Crippen LogP contribution >= 0.6 is 15.9 Å². The van der Waals surface area contributed by atoms with Crippen molar-refractivity contribution >= 4 is 31.9 Å². The Morgan fingerprint density at radius 1 is 1.47 bits per heavy atom. The number of nitrogens with one attached hydrogen (secondary N) is 1. The van der Waals surface area contributed by atoms with Crippen LogP contribution in [0.2, 0.25) is 0 Å². The van der Waals surface area contributed by atoms with Crippen LogP contribution in [0.5, 0.6) is 0 Å². The molecule has 0 unspecified atom stereocenters. The van der Waals surface area contributed by atoms with Gasteiger partial charge in [0.05, 0.1) is 16.6 Å². The van der Waals surface area contributed by atoms with Gasteiger partial charge in [-0.15, -0.1) is 0 Å². The second-order valence-electron chi connectivity index (χ2n) is 4.08. The molecule has 0 amide bonds. The largest absolute Gasteiger partial charge is 0.478 e. The Balaban J connectivity index is 3.25. The molecule has 106 valence electrons. The number of carboxylic acid groups (broad SMARTS) is 1. The molecule has 1 aromatic rings. The molecule has 1 rings (SSSR count). The van der Waals surface area contributed by atoms with Gasteiger partial charge in [-0.2, -0.15) is 0 Å². The molecule has 6 nitrogen and oxygen atoms in total. The molecule has 19 heavy (non-hydrogen) atoms. The topological polar surface area (TPSA) is 104 Å². The van der Waals surface area contributed by atoms with E-state index in [0.29, 0.717) is 10.0 Å². The minimum atomic E-state index is -3.85. The molecule has 3 N–H and O–H groups in total. The van der Waals surface area contributed by atoms with Crippen LogP contribution in [0.25, 0.3) is 0 Å². The van der Waals surface area contributed by atoms with Crippen molar-refractivity contribution in [1.82, 2.24) is 4.72 Å². The van der Waals surface area contributed by atoms with E-state index in [0.717, 1.165) is 6.07 Å². The van der Waals surface area contributed by atoms with E-state index in [1.807, 2.05) is 0 Å². The fraction of sp³-hybridized carbons (Fsp3) is 0.364. The van der Waals surface area contributed by atoms with Crippen LogP contribution in [0.1, 0.15) is 22.8 Å². The molecular formula is C11H14BrNO5S. The van der Waals surface area contributed by atoms with Crippen LogP contribution < -0.4 is 4.72 Å². The molecule has 0 radical (unpaired) electrons. The lowest BCUT2D eigenvalue weighted by atomic mass is 10.1. The summed E-state index contributed by atoms with van der Waals surface area (Å²) in [5.74, 6) is -1.20. The van der Waals surface area contributed by atoms with Gasteiger partial charge in [0, 0.05) is 11.0 Å². The predicted molar refractivity (Wildman–Crippen MR) is 72.7 cm³/mol. The highest BCUT2D eigenvalue weighted by Gasteiger charge is 2.20. The Labute approximate surface area is 119 Å². The third kappa shape index (κ3) is 4.00. The third-order valence-corrected chi connectivity index (χ3v) is 4.65. The first-order chi connectivity index (χ1) is 8.65. The molecule has 0 saturated carbocycles. The molecule has 0 heterocycles. The second-order valence-corrected chi connectivity index (χ2v) is 6.71. The number of sulfonamides is 1. The van der Waals surface area contributed by atoms with Crippen molar-refractivity contribution in [2.75, 3.05) is 6.54 Å². The molecule has 0 aliphatic rings. The number of aliphatic hydroxyl groups is 1. The van der Waals surface area contributed by atoms with Crippen molar-refractivity contribution in [1.29, 1.82) is 0 Å². The first kappa shape index (κ1) is 16.1. The SMILES string of the molecule is Cc1c(Br)cc(S(=O)(=O)NC[C@H](C)O)cc1C(=O)O. The number of carboxylic acids is 1. The molecule has 1 atom stereocenters. The van der Waals surface area contributed by atoms with E-state index in [9.17, 15) is 13.2 Å². The summed E-state index contributed by atoms with van der Waals surface area (Å²) in [6.07, 6.45) is -0.831. The van der Waals surface area contributed by atoms with Gasteiger partial charge in [0.15, 0.2) is 0 Å². The fourth-order valence-electron chi connectivity index (χ4n) is 1.34. The Hall–Kier alpha value is -0.960. The summed E-state index contributed by atoms with van der Waals surface area (Å²) in [6.45, 7) is 2.87. The molecule has 0 bridgehead atoms. The van der Waals surface area contributed by atoms with Gasteiger partial charge in [-0.25, -0.2) is 17.9 Å². The lowest BCUT2D eigenvalue weighted by molar-refractivity contribution is 0.0695. The van der Waals surface area contributed by atoms with E-state index in [2.05, 4.69) is 20.7 Å². The van der Waals surface area contributed by atoms with Crippen molar-refractivity contribution in [3.05, 3.63) is 27.7 Å². The summed E-state index contributed by atoms with van der Waals surface area (Å²) in [5, 5.41) is 18.1. The third-order valence-electron chi connectivity index (χ3n) is 2.43. The smallest absolute Gasteiger partial charge is 0.336 e. The number of rotatable bonds is 5. The van der Waals surface area contributed by atoms with Crippen molar-refractivity contribution in [3.8, 4) is 0 Å². The molecular weight excluding hydrogens is 338 g/mol. The monoisotopic (exact) mass is 351 g/mol. The lowest BCUT2D eigenvalue weighted by Crippen LogP contribution is -2.30. The predicted octanol–water partition coefficient (Wildman–Crippen LogP) is 1.11. The maximum Gasteiger partial charge on any atom is 0.336 e. The first-order valence-corrected chi connectivity index (χ1v) is 7.64. The maximum absolute atomic E-state index is 11.9. The van der Waals surface area contributed by atoms with Crippen LogP contribution in [0.15, 0.2) is 21.5 Å². The zero-order valence-corrected chi connectivity index (χ0v) is 12.7. The van der Waals surface area contributed by atoms with Crippen molar-refractivity contribution in [2.24, 2.45) is 0 Å².